The van der Waals surface area contributed by atoms with Crippen molar-refractivity contribution >= 4 is 34.4 Å². The Morgan fingerprint density at radius 3 is 2.69 bits per heavy atom. The van der Waals surface area contributed by atoms with Crippen molar-refractivity contribution in [1.29, 1.82) is 0 Å². The fourth-order valence-electron chi connectivity index (χ4n) is 1.28. The molecule has 0 aliphatic carbocycles. The van der Waals surface area contributed by atoms with Gasteiger partial charge in [-0.2, -0.15) is 0 Å². The maximum atomic E-state index is 10.8. The van der Waals surface area contributed by atoms with E-state index in [2.05, 4.69) is 4.98 Å². The Morgan fingerprint density at radius 1 is 1.38 bits per heavy atom. The molecule has 0 saturated carbocycles. The summed E-state index contributed by atoms with van der Waals surface area (Å²) in [7, 11) is 0. The molecule has 2 N–H and O–H groups in total. The molecule has 0 aliphatic rings. The molecule has 0 atom stereocenters. The molecule has 0 unspecified atom stereocenters. The van der Waals surface area contributed by atoms with Crippen LogP contribution in [0.25, 0.3) is 11.6 Å². The van der Waals surface area contributed by atoms with Crippen LogP contribution in [0.4, 0.5) is 5.13 Å². The molecule has 2 aromatic rings. The molecule has 1 heterocycles. The van der Waals surface area contributed by atoms with E-state index in [4.69, 9.17) is 5.73 Å². The summed E-state index contributed by atoms with van der Waals surface area (Å²) in [6.45, 7) is 0. The van der Waals surface area contributed by atoms with Gasteiger partial charge in [0.2, 0.25) is 6.29 Å². The molecule has 4 heteroatoms. The second kappa shape index (κ2) is 4.72. The minimum absolute atomic E-state index is 0.416. The molecule has 1 radical (unpaired) electrons. The van der Waals surface area contributed by atoms with Gasteiger partial charge >= 0.3 is 0 Å². The first-order valence-electron chi connectivity index (χ1n) is 4.66. The molecule has 1 aromatic carbocycles. The molecule has 16 heavy (non-hydrogen) atoms. The van der Waals surface area contributed by atoms with Gasteiger partial charge in [0.15, 0.2) is 5.13 Å². The van der Waals surface area contributed by atoms with E-state index in [9.17, 15) is 4.79 Å². The van der Waals surface area contributed by atoms with Crippen LogP contribution in [0.5, 0.6) is 0 Å². The highest BCUT2D eigenvalue weighted by Crippen LogP contribution is 2.20. The molecule has 79 valence electrons. The molecular weight excluding hydrogens is 220 g/mol. The number of nitrogens with two attached hydrogens (primary N) is 1. The zero-order valence-corrected chi connectivity index (χ0v) is 9.20. The maximum absolute atomic E-state index is 10.8. The van der Waals surface area contributed by atoms with E-state index in [-0.39, 0.29) is 0 Å². The summed E-state index contributed by atoms with van der Waals surface area (Å²) in [6, 6.07) is 9.55. The highest BCUT2D eigenvalue weighted by Gasteiger charge is 2.05. The van der Waals surface area contributed by atoms with Crippen LogP contribution in [0.2, 0.25) is 0 Å². The molecule has 0 spiro atoms. The van der Waals surface area contributed by atoms with E-state index < -0.39 is 0 Å². The number of benzene rings is 1. The van der Waals surface area contributed by atoms with Crippen LogP contribution in [0.3, 0.4) is 0 Å². The molecule has 2 rings (SSSR count). The highest BCUT2D eigenvalue weighted by molar-refractivity contribution is 7.13. The molecule has 3 nitrogen and oxygen atoms in total. The van der Waals surface area contributed by atoms with Crippen LogP contribution in [0.15, 0.2) is 35.7 Å². The molecule has 1 aromatic heterocycles. The van der Waals surface area contributed by atoms with Gasteiger partial charge in [-0.25, -0.2) is 4.98 Å². The Bertz CT molecular complexity index is 517. The van der Waals surface area contributed by atoms with E-state index >= 15 is 0 Å². The fourth-order valence-corrected chi connectivity index (χ4v) is 1.85. The van der Waals surface area contributed by atoms with E-state index in [1.54, 1.807) is 11.5 Å². The smallest absolute Gasteiger partial charge is 0.235 e. The lowest BCUT2D eigenvalue weighted by atomic mass is 10.1. The van der Waals surface area contributed by atoms with E-state index in [1.807, 2.05) is 36.6 Å². The van der Waals surface area contributed by atoms with E-state index in [1.165, 1.54) is 11.3 Å². The van der Waals surface area contributed by atoms with Crippen molar-refractivity contribution in [2.75, 3.05) is 5.73 Å². The lowest BCUT2D eigenvalue weighted by Gasteiger charge is -1.95. The number of anilines is 1. The van der Waals surface area contributed by atoms with Gasteiger partial charge in [0, 0.05) is 5.38 Å². The van der Waals surface area contributed by atoms with Gasteiger partial charge in [-0.15, -0.1) is 11.3 Å². The summed E-state index contributed by atoms with van der Waals surface area (Å²) in [6.07, 6.45) is 3.62. The average Bonchev–Trinajstić information content (AvgIpc) is 2.74. The third-order valence-corrected chi connectivity index (χ3v) is 2.69. The number of hydrogen-bond donors (Lipinski definition) is 1. The molecule has 0 aliphatic heterocycles. The van der Waals surface area contributed by atoms with Gasteiger partial charge in [-0.3, -0.25) is 4.79 Å². The van der Waals surface area contributed by atoms with Gasteiger partial charge in [-0.1, -0.05) is 30.3 Å². The standard InChI is InChI=1S/C12H9N2OS/c13-12-14-11(8-16-12)10(7-15)6-9-4-2-1-3-5-9/h1-6,8H,(H2,13,14)/b10-6-. The Labute approximate surface area is 97.3 Å². The predicted octanol–water partition coefficient (Wildman–Crippen LogP) is 2.38. The predicted molar refractivity (Wildman–Crippen MR) is 66.5 cm³/mol. The Hall–Kier alpha value is -1.94. The van der Waals surface area contributed by atoms with Crippen molar-refractivity contribution in [3.63, 3.8) is 0 Å². The highest BCUT2D eigenvalue weighted by atomic mass is 32.1. The average molecular weight is 229 g/mol. The van der Waals surface area contributed by atoms with Gasteiger partial charge in [-0.05, 0) is 11.6 Å². The summed E-state index contributed by atoms with van der Waals surface area (Å²) < 4.78 is 0. The van der Waals surface area contributed by atoms with Crippen molar-refractivity contribution in [2.45, 2.75) is 0 Å². The van der Waals surface area contributed by atoms with Crippen molar-refractivity contribution in [3.8, 4) is 0 Å². The zero-order chi connectivity index (χ0) is 11.4. The Kier molecular flexibility index (Phi) is 3.12. The monoisotopic (exact) mass is 229 g/mol. The van der Waals surface area contributed by atoms with Crippen LogP contribution in [0.1, 0.15) is 11.3 Å². The number of hydrogen-bond acceptors (Lipinski definition) is 4. The number of allylic oxidation sites excluding steroid dienone is 1. The summed E-state index contributed by atoms with van der Waals surface area (Å²) in [5, 5.41) is 2.19. The number of thiazole rings is 1. The minimum atomic E-state index is 0.416. The summed E-state index contributed by atoms with van der Waals surface area (Å²) in [5.74, 6) is 0. The largest absolute Gasteiger partial charge is 0.375 e. The zero-order valence-electron chi connectivity index (χ0n) is 8.38. The SMILES string of the molecule is Nc1nc(/C([C]=O)=C\c2ccccc2)cs1. The maximum Gasteiger partial charge on any atom is 0.235 e. The minimum Gasteiger partial charge on any atom is -0.375 e. The first-order chi connectivity index (χ1) is 7.79. The van der Waals surface area contributed by atoms with E-state index in [0.717, 1.165) is 5.56 Å². The second-order valence-corrected chi connectivity index (χ2v) is 4.03. The third kappa shape index (κ3) is 2.35. The van der Waals surface area contributed by atoms with Gasteiger partial charge < -0.3 is 5.73 Å². The van der Waals surface area contributed by atoms with Crippen LogP contribution in [-0.2, 0) is 4.79 Å². The first-order valence-corrected chi connectivity index (χ1v) is 5.54. The number of nitrogen functional groups attached to an aromatic ring is 1. The van der Waals surface area contributed by atoms with Gasteiger partial charge in [0.05, 0.1) is 11.3 Å². The number of aromatic nitrogens is 1. The lowest BCUT2D eigenvalue weighted by molar-refractivity contribution is 0.565. The van der Waals surface area contributed by atoms with Crippen molar-refractivity contribution in [2.24, 2.45) is 0 Å². The number of nitrogens with zero attached hydrogens (tertiary/aromatic N) is 1. The number of rotatable bonds is 3. The van der Waals surface area contributed by atoms with Crippen LogP contribution < -0.4 is 5.73 Å². The second-order valence-electron chi connectivity index (χ2n) is 3.14. The molecular formula is C12H9N2OS. The summed E-state index contributed by atoms with van der Waals surface area (Å²) in [4.78, 5) is 14.9. The van der Waals surface area contributed by atoms with Crippen molar-refractivity contribution in [1.82, 2.24) is 4.98 Å². The third-order valence-electron chi connectivity index (χ3n) is 2.02. The molecule has 0 fully saturated rings. The van der Waals surface area contributed by atoms with Crippen LogP contribution >= 0.6 is 11.3 Å². The van der Waals surface area contributed by atoms with Crippen molar-refractivity contribution in [3.05, 3.63) is 47.0 Å². The normalized spacial score (nSPS) is 11.4. The lowest BCUT2D eigenvalue weighted by Crippen LogP contribution is -1.88. The summed E-state index contributed by atoms with van der Waals surface area (Å²) in [5.41, 5.74) is 7.44. The van der Waals surface area contributed by atoms with E-state index in [0.29, 0.717) is 16.4 Å². The first kappa shape index (κ1) is 10.6. The van der Waals surface area contributed by atoms with Gasteiger partial charge in [0.1, 0.15) is 0 Å². The number of carbonyl (C=O) groups excluding carboxylic acids is 1. The topological polar surface area (TPSA) is 56.0 Å². The van der Waals surface area contributed by atoms with Crippen molar-refractivity contribution < 1.29 is 4.79 Å². The quantitative estimate of drug-likeness (QED) is 0.822. The molecule has 0 bridgehead atoms. The van der Waals surface area contributed by atoms with Gasteiger partial charge in [0.25, 0.3) is 0 Å². The Balaban J connectivity index is 2.37. The Morgan fingerprint density at radius 2 is 2.12 bits per heavy atom. The van der Waals surface area contributed by atoms with Crippen LogP contribution in [-0.4, -0.2) is 11.3 Å². The fraction of sp³-hybridized carbons (Fsp3) is 0. The molecule has 0 saturated heterocycles. The molecule has 0 amide bonds. The van der Waals surface area contributed by atoms with Crippen LogP contribution in [0, 0.1) is 0 Å². The summed E-state index contributed by atoms with van der Waals surface area (Å²) >= 11 is 1.31.